The van der Waals surface area contributed by atoms with Crippen molar-refractivity contribution in [3.05, 3.63) is 0 Å². The lowest BCUT2D eigenvalue weighted by molar-refractivity contribution is 0.0295. The van der Waals surface area contributed by atoms with Crippen LogP contribution < -0.4 is 0 Å². The van der Waals surface area contributed by atoms with E-state index in [1.54, 1.807) is 0 Å². The molecule has 0 fully saturated rings. The van der Waals surface area contributed by atoms with E-state index < -0.39 is 6.16 Å². The fraction of sp³-hybridized carbons (Fsp3) is 0.875. The van der Waals surface area contributed by atoms with Crippen LogP contribution in [0.2, 0.25) is 0 Å². The monoisotopic (exact) mass is 176 g/mol. The zero-order valence-corrected chi connectivity index (χ0v) is 7.67. The van der Waals surface area contributed by atoms with Crippen molar-refractivity contribution in [2.45, 2.75) is 20.3 Å². The van der Waals surface area contributed by atoms with Crippen LogP contribution in [0.1, 0.15) is 20.3 Å². The van der Waals surface area contributed by atoms with Gasteiger partial charge in [-0.3, -0.25) is 0 Å². The van der Waals surface area contributed by atoms with Crippen molar-refractivity contribution in [3.8, 4) is 0 Å². The van der Waals surface area contributed by atoms with Gasteiger partial charge in [-0.05, 0) is 13.3 Å². The summed E-state index contributed by atoms with van der Waals surface area (Å²) >= 11 is 0. The summed E-state index contributed by atoms with van der Waals surface area (Å²) in [5.41, 5.74) is 0. The highest BCUT2D eigenvalue weighted by molar-refractivity contribution is 5.59. The normalized spacial score (nSPS) is 9.50. The van der Waals surface area contributed by atoms with Crippen molar-refractivity contribution < 1.29 is 19.0 Å². The zero-order chi connectivity index (χ0) is 9.23. The van der Waals surface area contributed by atoms with E-state index in [0.717, 1.165) is 6.42 Å². The predicted molar refractivity (Wildman–Crippen MR) is 44.1 cm³/mol. The molecule has 0 spiro atoms. The van der Waals surface area contributed by atoms with Crippen LogP contribution in [0.3, 0.4) is 0 Å². The molecule has 72 valence electrons. The van der Waals surface area contributed by atoms with Crippen LogP contribution in [-0.4, -0.2) is 32.6 Å². The molecule has 0 amide bonds. The number of hydrogen-bond donors (Lipinski definition) is 0. The van der Waals surface area contributed by atoms with Crippen molar-refractivity contribution in [1.82, 2.24) is 0 Å². The molecule has 12 heavy (non-hydrogen) atoms. The Hall–Kier alpha value is -0.770. The Morgan fingerprint density at radius 2 is 1.75 bits per heavy atom. The van der Waals surface area contributed by atoms with E-state index >= 15 is 0 Å². The Kier molecular flexibility index (Phi) is 7.79. The summed E-state index contributed by atoms with van der Waals surface area (Å²) in [6, 6.07) is 0. The van der Waals surface area contributed by atoms with Gasteiger partial charge in [-0.15, -0.1) is 0 Å². The summed E-state index contributed by atoms with van der Waals surface area (Å²) in [6.45, 7) is 5.54. The second-order valence-electron chi connectivity index (χ2n) is 2.14. The number of carbonyl (C=O) groups is 1. The van der Waals surface area contributed by atoms with Crippen LogP contribution >= 0.6 is 0 Å². The Bertz CT molecular complexity index is 114. The van der Waals surface area contributed by atoms with Gasteiger partial charge in [0.15, 0.2) is 0 Å². The second kappa shape index (κ2) is 8.33. The average Bonchev–Trinajstić information content (AvgIpc) is 2.09. The Balaban J connectivity index is 3.08. The third-order valence-electron chi connectivity index (χ3n) is 1.08. The summed E-state index contributed by atoms with van der Waals surface area (Å²) in [4.78, 5) is 10.7. The Labute approximate surface area is 72.8 Å². The van der Waals surface area contributed by atoms with Gasteiger partial charge in [0.1, 0.15) is 6.61 Å². The molecule has 0 aromatic heterocycles. The fourth-order valence-corrected chi connectivity index (χ4v) is 0.555. The molecule has 0 unspecified atom stereocenters. The highest BCUT2D eigenvalue weighted by Gasteiger charge is 2.00. The predicted octanol–water partition coefficient (Wildman–Crippen LogP) is 1.59. The fourth-order valence-electron chi connectivity index (χ4n) is 0.555. The van der Waals surface area contributed by atoms with Crippen LogP contribution in [0, 0.1) is 0 Å². The zero-order valence-electron chi connectivity index (χ0n) is 7.67. The van der Waals surface area contributed by atoms with Gasteiger partial charge >= 0.3 is 6.16 Å². The molecule has 4 heteroatoms. The third-order valence-corrected chi connectivity index (χ3v) is 1.08. The van der Waals surface area contributed by atoms with Gasteiger partial charge in [0, 0.05) is 6.61 Å². The molecule has 0 radical (unpaired) electrons. The Morgan fingerprint density at radius 1 is 1.08 bits per heavy atom. The quantitative estimate of drug-likeness (QED) is 0.455. The standard InChI is InChI=1S/C8H16O4/c1-3-5-11-8(9)12-7-6-10-4-2/h3-7H2,1-2H3. The number of carbonyl (C=O) groups excluding carboxylic acids is 1. The van der Waals surface area contributed by atoms with E-state index in [1.165, 1.54) is 0 Å². The van der Waals surface area contributed by atoms with E-state index in [2.05, 4.69) is 9.47 Å². The van der Waals surface area contributed by atoms with Crippen molar-refractivity contribution in [1.29, 1.82) is 0 Å². The second-order valence-corrected chi connectivity index (χ2v) is 2.14. The molecule has 0 heterocycles. The largest absolute Gasteiger partial charge is 0.508 e. The van der Waals surface area contributed by atoms with Crippen molar-refractivity contribution >= 4 is 6.16 Å². The molecule has 0 aromatic rings. The molecule has 0 atom stereocenters. The first-order chi connectivity index (χ1) is 5.81. The van der Waals surface area contributed by atoms with E-state index in [0.29, 0.717) is 19.8 Å². The van der Waals surface area contributed by atoms with Crippen LogP contribution in [-0.2, 0) is 14.2 Å². The molecule has 0 N–H and O–H groups in total. The molecular weight excluding hydrogens is 160 g/mol. The molecule has 0 aliphatic carbocycles. The summed E-state index contributed by atoms with van der Waals surface area (Å²) in [5.74, 6) is 0. The minimum Gasteiger partial charge on any atom is -0.434 e. The van der Waals surface area contributed by atoms with E-state index in [4.69, 9.17) is 4.74 Å². The smallest absolute Gasteiger partial charge is 0.434 e. The lowest BCUT2D eigenvalue weighted by Crippen LogP contribution is -2.12. The lowest BCUT2D eigenvalue weighted by atomic mass is 10.5. The highest BCUT2D eigenvalue weighted by atomic mass is 16.7. The van der Waals surface area contributed by atoms with Crippen molar-refractivity contribution in [3.63, 3.8) is 0 Å². The van der Waals surface area contributed by atoms with Gasteiger partial charge in [0.2, 0.25) is 0 Å². The van der Waals surface area contributed by atoms with Crippen LogP contribution in [0.15, 0.2) is 0 Å². The minimum absolute atomic E-state index is 0.260. The molecule has 0 bridgehead atoms. The first-order valence-electron chi connectivity index (χ1n) is 4.18. The summed E-state index contributed by atoms with van der Waals surface area (Å²) < 4.78 is 14.3. The van der Waals surface area contributed by atoms with Gasteiger partial charge < -0.3 is 14.2 Å². The van der Waals surface area contributed by atoms with Gasteiger partial charge in [-0.25, -0.2) is 4.79 Å². The molecular formula is C8H16O4. The maximum Gasteiger partial charge on any atom is 0.508 e. The Morgan fingerprint density at radius 3 is 2.33 bits per heavy atom. The van der Waals surface area contributed by atoms with Crippen LogP contribution in [0.5, 0.6) is 0 Å². The molecule has 4 nitrogen and oxygen atoms in total. The molecule has 0 saturated carbocycles. The number of rotatable bonds is 6. The first kappa shape index (κ1) is 11.2. The number of hydrogen-bond acceptors (Lipinski definition) is 4. The summed E-state index contributed by atoms with van der Waals surface area (Å²) in [7, 11) is 0. The van der Waals surface area contributed by atoms with E-state index in [1.807, 2.05) is 13.8 Å². The maximum atomic E-state index is 10.7. The first-order valence-corrected chi connectivity index (χ1v) is 4.18. The van der Waals surface area contributed by atoms with Gasteiger partial charge in [0.05, 0.1) is 13.2 Å². The van der Waals surface area contributed by atoms with Crippen LogP contribution in [0.25, 0.3) is 0 Å². The molecule has 0 aliphatic rings. The molecule has 0 saturated heterocycles. The van der Waals surface area contributed by atoms with Crippen molar-refractivity contribution in [2.24, 2.45) is 0 Å². The SMILES string of the molecule is CCCOC(=O)OCCOCC. The third kappa shape index (κ3) is 7.34. The summed E-state index contributed by atoms with van der Waals surface area (Å²) in [6.07, 6.45) is 0.192. The van der Waals surface area contributed by atoms with E-state index in [9.17, 15) is 4.79 Å². The van der Waals surface area contributed by atoms with Gasteiger partial charge in [-0.2, -0.15) is 0 Å². The summed E-state index contributed by atoms with van der Waals surface area (Å²) in [5, 5.41) is 0. The topological polar surface area (TPSA) is 44.8 Å². The van der Waals surface area contributed by atoms with E-state index in [-0.39, 0.29) is 6.61 Å². The highest BCUT2D eigenvalue weighted by Crippen LogP contribution is 1.87. The minimum atomic E-state index is -0.614. The lowest BCUT2D eigenvalue weighted by Gasteiger charge is -2.04. The number of ether oxygens (including phenoxy) is 3. The van der Waals surface area contributed by atoms with Gasteiger partial charge in [0.25, 0.3) is 0 Å². The molecule has 0 aromatic carbocycles. The van der Waals surface area contributed by atoms with Crippen LogP contribution in [0.4, 0.5) is 4.79 Å². The molecule has 0 rings (SSSR count). The average molecular weight is 176 g/mol. The molecule has 0 aliphatic heterocycles. The van der Waals surface area contributed by atoms with Crippen molar-refractivity contribution in [2.75, 3.05) is 26.4 Å². The maximum absolute atomic E-state index is 10.7. The van der Waals surface area contributed by atoms with Gasteiger partial charge in [-0.1, -0.05) is 6.92 Å².